The smallest absolute Gasteiger partial charge is 0.339 e. The van der Waals surface area contributed by atoms with Crippen LogP contribution in [0.5, 0.6) is 0 Å². The summed E-state index contributed by atoms with van der Waals surface area (Å²) < 4.78 is 5.62. The summed E-state index contributed by atoms with van der Waals surface area (Å²) in [5.41, 5.74) is 4.03. The quantitative estimate of drug-likeness (QED) is 0.324. The van der Waals surface area contributed by atoms with Crippen molar-refractivity contribution in [3.8, 4) is 11.3 Å². The molecule has 0 aliphatic rings. The molecule has 4 heteroatoms. The van der Waals surface area contributed by atoms with Gasteiger partial charge in [0, 0.05) is 16.5 Å². The molecule has 0 radical (unpaired) electrons. The molecule has 148 valence electrons. The summed E-state index contributed by atoms with van der Waals surface area (Å²) in [4.78, 5) is 30.6. The summed E-state index contributed by atoms with van der Waals surface area (Å²) in [5, 5.41) is 0.707. The number of pyridine rings is 1. The minimum Gasteiger partial charge on any atom is -0.451 e. The van der Waals surface area contributed by atoms with Gasteiger partial charge in [0.2, 0.25) is 5.78 Å². The number of Topliss-reactive ketones (excluding diaryl/α,β-unsaturated/α-hetero) is 1. The van der Waals surface area contributed by atoms with Crippen LogP contribution in [0.2, 0.25) is 0 Å². The van der Waals surface area contributed by atoms with Crippen molar-refractivity contribution in [2.75, 3.05) is 0 Å². The first kappa shape index (κ1) is 19.5. The largest absolute Gasteiger partial charge is 0.451 e. The maximum absolute atomic E-state index is 13.2. The van der Waals surface area contributed by atoms with Crippen LogP contribution in [0.4, 0.5) is 0 Å². The number of carbonyl (C=O) groups excluding carboxylic acids is 2. The Labute approximate surface area is 175 Å². The number of nitrogens with zero attached hydrogens (tertiary/aromatic N) is 1. The van der Waals surface area contributed by atoms with Gasteiger partial charge >= 0.3 is 5.97 Å². The lowest BCUT2D eigenvalue weighted by Crippen LogP contribution is -2.25. The van der Waals surface area contributed by atoms with Crippen LogP contribution in [0.25, 0.3) is 22.2 Å². The van der Waals surface area contributed by atoms with E-state index in [-0.39, 0.29) is 5.78 Å². The summed E-state index contributed by atoms with van der Waals surface area (Å²) in [6.45, 7) is 3.46. The molecule has 1 aromatic heterocycles. The molecule has 1 heterocycles. The average molecular weight is 395 g/mol. The predicted octanol–water partition coefficient (Wildman–Crippen LogP) is 5.64. The third-order valence-corrected chi connectivity index (χ3v) is 5.10. The molecule has 0 unspecified atom stereocenters. The van der Waals surface area contributed by atoms with Gasteiger partial charge in [0.25, 0.3) is 0 Å². The highest BCUT2D eigenvalue weighted by Crippen LogP contribution is 2.30. The Balaban J connectivity index is 1.75. The summed E-state index contributed by atoms with van der Waals surface area (Å²) >= 11 is 0. The monoisotopic (exact) mass is 395 g/mol. The number of esters is 1. The van der Waals surface area contributed by atoms with Crippen molar-refractivity contribution in [1.29, 1.82) is 0 Å². The van der Waals surface area contributed by atoms with Gasteiger partial charge < -0.3 is 4.74 Å². The second kappa shape index (κ2) is 8.29. The highest BCUT2D eigenvalue weighted by molar-refractivity contribution is 6.08. The Morgan fingerprint density at radius 1 is 0.833 bits per heavy atom. The number of aromatic nitrogens is 1. The van der Waals surface area contributed by atoms with Crippen molar-refractivity contribution in [3.05, 3.63) is 102 Å². The minimum absolute atomic E-state index is 0.233. The van der Waals surface area contributed by atoms with Gasteiger partial charge in [-0.2, -0.15) is 0 Å². The van der Waals surface area contributed by atoms with Crippen LogP contribution in [0.3, 0.4) is 0 Å². The molecule has 0 N–H and O–H groups in total. The van der Waals surface area contributed by atoms with Gasteiger partial charge in [0.1, 0.15) is 0 Å². The van der Waals surface area contributed by atoms with Crippen LogP contribution in [0, 0.1) is 6.92 Å². The summed E-state index contributed by atoms with van der Waals surface area (Å²) in [5.74, 6) is -0.761. The number of ether oxygens (including phenoxy) is 1. The molecule has 0 fully saturated rings. The van der Waals surface area contributed by atoms with Crippen LogP contribution >= 0.6 is 0 Å². The average Bonchev–Trinajstić information content (AvgIpc) is 2.79. The molecule has 4 rings (SSSR count). The van der Waals surface area contributed by atoms with E-state index < -0.39 is 12.1 Å². The van der Waals surface area contributed by atoms with E-state index in [2.05, 4.69) is 0 Å². The van der Waals surface area contributed by atoms with E-state index in [0.717, 1.165) is 16.8 Å². The number of para-hydroxylation sites is 1. The highest BCUT2D eigenvalue weighted by Gasteiger charge is 2.24. The molecule has 30 heavy (non-hydrogen) atoms. The van der Waals surface area contributed by atoms with Gasteiger partial charge in [-0.3, -0.25) is 4.79 Å². The SMILES string of the molecule is Cc1c(-c2ccccc2)nc2ccccc2c1C(=O)O[C@@H](C)C(=O)c1ccccc1. The van der Waals surface area contributed by atoms with Crippen molar-refractivity contribution >= 4 is 22.7 Å². The lowest BCUT2D eigenvalue weighted by atomic mass is 9.97. The third kappa shape index (κ3) is 3.72. The molecule has 0 bridgehead atoms. The maximum Gasteiger partial charge on any atom is 0.339 e. The van der Waals surface area contributed by atoms with Crippen molar-refractivity contribution in [3.63, 3.8) is 0 Å². The lowest BCUT2D eigenvalue weighted by molar-refractivity contribution is 0.0320. The molecule has 3 aromatic carbocycles. The summed E-state index contributed by atoms with van der Waals surface area (Å²) in [6, 6.07) is 26.0. The van der Waals surface area contributed by atoms with E-state index in [1.54, 1.807) is 31.2 Å². The number of ketones is 1. The number of rotatable bonds is 5. The fourth-order valence-electron chi connectivity index (χ4n) is 3.56. The van der Waals surface area contributed by atoms with Crippen LogP contribution in [-0.4, -0.2) is 22.8 Å². The van der Waals surface area contributed by atoms with Crippen molar-refractivity contribution < 1.29 is 14.3 Å². The first-order valence-corrected chi connectivity index (χ1v) is 9.81. The van der Waals surface area contributed by atoms with Crippen LogP contribution < -0.4 is 0 Å². The third-order valence-electron chi connectivity index (χ3n) is 5.10. The fraction of sp³-hybridized carbons (Fsp3) is 0.115. The molecule has 0 amide bonds. The van der Waals surface area contributed by atoms with Crippen LogP contribution in [-0.2, 0) is 4.74 Å². The molecule has 0 saturated carbocycles. The predicted molar refractivity (Wildman–Crippen MR) is 118 cm³/mol. The Morgan fingerprint density at radius 2 is 1.43 bits per heavy atom. The normalized spacial score (nSPS) is 11.8. The van der Waals surface area contributed by atoms with Gasteiger partial charge in [-0.1, -0.05) is 78.9 Å². The summed E-state index contributed by atoms with van der Waals surface area (Å²) in [6.07, 6.45) is -0.897. The van der Waals surface area contributed by atoms with E-state index >= 15 is 0 Å². The zero-order valence-corrected chi connectivity index (χ0v) is 16.8. The zero-order valence-electron chi connectivity index (χ0n) is 16.8. The molecule has 0 spiro atoms. The van der Waals surface area contributed by atoms with Crippen LogP contribution in [0.15, 0.2) is 84.9 Å². The molecular weight excluding hydrogens is 374 g/mol. The Hall–Kier alpha value is -3.79. The second-order valence-corrected chi connectivity index (χ2v) is 7.12. The van der Waals surface area contributed by atoms with E-state index in [4.69, 9.17) is 9.72 Å². The van der Waals surface area contributed by atoms with E-state index in [0.29, 0.717) is 22.0 Å². The molecular formula is C26H21NO3. The van der Waals surface area contributed by atoms with Gasteiger partial charge in [0.05, 0.1) is 16.8 Å². The van der Waals surface area contributed by atoms with Gasteiger partial charge in [-0.05, 0) is 25.5 Å². The van der Waals surface area contributed by atoms with Gasteiger partial charge in [-0.25, -0.2) is 9.78 Å². The van der Waals surface area contributed by atoms with E-state index in [9.17, 15) is 9.59 Å². The number of benzene rings is 3. The topological polar surface area (TPSA) is 56.3 Å². The van der Waals surface area contributed by atoms with E-state index in [1.807, 2.05) is 67.6 Å². The van der Waals surface area contributed by atoms with Crippen molar-refractivity contribution in [1.82, 2.24) is 4.98 Å². The highest BCUT2D eigenvalue weighted by atomic mass is 16.5. The molecule has 4 aromatic rings. The Kier molecular flexibility index (Phi) is 5.40. The number of carbonyl (C=O) groups is 2. The summed E-state index contributed by atoms with van der Waals surface area (Å²) in [7, 11) is 0. The molecule has 0 saturated heterocycles. The minimum atomic E-state index is -0.897. The standard InChI is InChI=1S/C26H21NO3/c1-17-23(26(29)30-18(2)25(28)20-13-7-4-8-14-20)21-15-9-10-16-22(21)27-24(17)19-11-5-3-6-12-19/h3-16,18H,1-2H3/t18-/m0/s1. The first-order chi connectivity index (χ1) is 14.6. The number of fused-ring (bicyclic) bond motifs is 1. The zero-order chi connectivity index (χ0) is 21.1. The molecule has 0 aliphatic carbocycles. The van der Waals surface area contributed by atoms with Crippen LogP contribution in [0.1, 0.15) is 33.2 Å². The number of hydrogen-bond donors (Lipinski definition) is 0. The lowest BCUT2D eigenvalue weighted by Gasteiger charge is -2.17. The second-order valence-electron chi connectivity index (χ2n) is 7.12. The van der Waals surface area contributed by atoms with Gasteiger partial charge in [-0.15, -0.1) is 0 Å². The maximum atomic E-state index is 13.2. The Morgan fingerprint density at radius 3 is 2.13 bits per heavy atom. The first-order valence-electron chi connectivity index (χ1n) is 9.81. The molecule has 1 atom stereocenters. The molecule has 4 nitrogen and oxygen atoms in total. The van der Waals surface area contributed by atoms with Crippen molar-refractivity contribution in [2.24, 2.45) is 0 Å². The van der Waals surface area contributed by atoms with E-state index in [1.165, 1.54) is 0 Å². The fourth-order valence-corrected chi connectivity index (χ4v) is 3.56. The Bertz CT molecular complexity index is 1220. The van der Waals surface area contributed by atoms with Crippen molar-refractivity contribution in [2.45, 2.75) is 20.0 Å². The van der Waals surface area contributed by atoms with Gasteiger partial charge in [0.15, 0.2) is 6.10 Å². The molecule has 0 aliphatic heterocycles. The number of hydrogen-bond acceptors (Lipinski definition) is 4.